The highest BCUT2D eigenvalue weighted by atomic mass is 16.4. The van der Waals surface area contributed by atoms with Gasteiger partial charge in [0, 0.05) is 11.1 Å². The van der Waals surface area contributed by atoms with E-state index in [4.69, 9.17) is 20.4 Å². The summed E-state index contributed by atoms with van der Waals surface area (Å²) < 4.78 is 0. The van der Waals surface area contributed by atoms with Gasteiger partial charge in [-0.25, -0.2) is 9.59 Å². The smallest absolute Gasteiger partial charge is 0.330 e. The maximum atomic E-state index is 9.60. The number of allylic oxidation sites excluding steroid dienone is 1. The largest absolute Gasteiger partial charge is 0.478 e. The van der Waals surface area contributed by atoms with Crippen molar-refractivity contribution in [3.05, 3.63) is 115 Å². The summed E-state index contributed by atoms with van der Waals surface area (Å²) in [4.78, 5) is 19.2. The minimum atomic E-state index is -0.935. The molecule has 6 heteroatoms. The highest BCUT2D eigenvalue weighted by molar-refractivity contribution is 5.85. The number of hydrogen-bond acceptors (Lipinski definition) is 4. The molecule has 0 spiro atoms. The maximum Gasteiger partial charge on any atom is 0.330 e. The number of hydrogen-bond donors (Lipinski definition) is 4. The monoisotopic (exact) mass is 496 g/mol. The predicted molar refractivity (Wildman–Crippen MR) is 151 cm³/mol. The van der Waals surface area contributed by atoms with Crippen LogP contribution in [0.1, 0.15) is 43.9 Å². The zero-order valence-electron chi connectivity index (χ0n) is 21.6. The fraction of sp³-hybridized carbons (Fsp3) is 0.200. The Hall–Kier alpha value is -4.00. The summed E-state index contributed by atoms with van der Waals surface area (Å²) in [6.07, 6.45) is 9.07. The zero-order valence-corrected chi connectivity index (χ0v) is 21.6. The molecule has 6 nitrogen and oxygen atoms in total. The second-order valence-corrected chi connectivity index (χ2v) is 6.88. The van der Waals surface area contributed by atoms with Gasteiger partial charge in [0.05, 0.1) is 13.2 Å². The Morgan fingerprint density at radius 3 is 1.33 bits per heavy atom. The van der Waals surface area contributed by atoms with Gasteiger partial charge in [-0.2, -0.15) is 0 Å². The lowest BCUT2D eigenvalue weighted by Crippen LogP contribution is -1.92. The third kappa shape index (κ3) is 24.6. The van der Waals surface area contributed by atoms with Gasteiger partial charge in [-0.1, -0.05) is 112 Å². The van der Waals surface area contributed by atoms with Crippen LogP contribution in [0.3, 0.4) is 0 Å². The van der Waals surface area contributed by atoms with Crippen molar-refractivity contribution in [1.29, 1.82) is 0 Å². The van der Waals surface area contributed by atoms with Crippen molar-refractivity contribution >= 4 is 30.2 Å². The van der Waals surface area contributed by atoms with Crippen molar-refractivity contribution in [3.8, 4) is 0 Å². The van der Waals surface area contributed by atoms with E-state index in [0.29, 0.717) is 0 Å². The number of rotatable bonds is 7. The van der Waals surface area contributed by atoms with E-state index in [0.717, 1.165) is 17.5 Å². The number of aliphatic carboxylic acids is 2. The lowest BCUT2D eigenvalue weighted by Gasteiger charge is -1.96. The Balaban J connectivity index is -0.000000395. The van der Waals surface area contributed by atoms with Gasteiger partial charge in [-0.15, -0.1) is 0 Å². The van der Waals surface area contributed by atoms with E-state index in [-0.39, 0.29) is 24.4 Å². The molecule has 0 aliphatic heterocycles. The van der Waals surface area contributed by atoms with Crippen molar-refractivity contribution in [2.45, 2.75) is 27.2 Å². The molecule has 196 valence electrons. The van der Waals surface area contributed by atoms with Gasteiger partial charge in [0.1, 0.15) is 0 Å². The zero-order chi connectivity index (χ0) is 28.4. The van der Waals surface area contributed by atoms with Crippen LogP contribution in [0.25, 0.3) is 18.2 Å². The molecule has 0 radical (unpaired) electrons. The molecule has 36 heavy (non-hydrogen) atoms. The normalized spacial score (nSPS) is 8.69. The van der Waals surface area contributed by atoms with Crippen molar-refractivity contribution in [2.24, 2.45) is 0 Å². The molecule has 0 aliphatic carbocycles. The van der Waals surface area contributed by atoms with Gasteiger partial charge in [-0.05, 0) is 37.0 Å². The average molecular weight is 497 g/mol. The molecule has 0 fully saturated rings. The van der Waals surface area contributed by atoms with Gasteiger partial charge < -0.3 is 20.4 Å². The van der Waals surface area contributed by atoms with Crippen LogP contribution in [0.15, 0.2) is 98.1 Å². The topological polar surface area (TPSA) is 115 Å². The number of carbonyl (C=O) groups is 2. The lowest BCUT2D eigenvalue weighted by atomic mass is 10.1. The summed E-state index contributed by atoms with van der Waals surface area (Å²) in [5.74, 6) is -1.87. The van der Waals surface area contributed by atoms with E-state index in [1.807, 2.05) is 42.5 Å². The van der Waals surface area contributed by atoms with E-state index in [1.54, 1.807) is 0 Å². The molecule has 0 aliphatic rings. The highest BCUT2D eigenvalue weighted by Gasteiger charge is 1.91. The van der Waals surface area contributed by atoms with E-state index < -0.39 is 11.9 Å². The molecule has 0 saturated carbocycles. The van der Waals surface area contributed by atoms with Crippen LogP contribution >= 0.6 is 0 Å². The number of carboxylic acid groups (broad SMARTS) is 2. The fourth-order valence-electron chi connectivity index (χ4n) is 1.70. The molecule has 0 saturated heterocycles. The van der Waals surface area contributed by atoms with E-state index >= 15 is 0 Å². The SMILES string of the molecule is C=C(C)C(=O)O.C=C(C)C(=O)O.C=Cc1ccccc1C=C.CCC=Cc1ccccc1.OCCO. The highest BCUT2D eigenvalue weighted by Crippen LogP contribution is 2.10. The quantitative estimate of drug-likeness (QED) is 0.332. The number of aliphatic hydroxyl groups is 2. The Kier molecular flexibility index (Phi) is 26.0. The molecule has 0 bridgehead atoms. The van der Waals surface area contributed by atoms with Gasteiger partial charge >= 0.3 is 11.9 Å². The molecular formula is C30H40O6. The first-order valence-electron chi connectivity index (χ1n) is 11.1. The molecule has 2 aromatic carbocycles. The molecular weight excluding hydrogens is 456 g/mol. The van der Waals surface area contributed by atoms with Gasteiger partial charge in [-0.3, -0.25) is 0 Å². The van der Waals surface area contributed by atoms with Crippen LogP contribution in [-0.2, 0) is 9.59 Å². The van der Waals surface area contributed by atoms with Crippen LogP contribution in [0, 0.1) is 0 Å². The number of aliphatic hydroxyl groups excluding tert-OH is 2. The summed E-state index contributed by atoms with van der Waals surface area (Å²) >= 11 is 0. The molecule has 4 N–H and O–H groups in total. The third-order valence-corrected chi connectivity index (χ3v) is 3.61. The second kappa shape index (κ2) is 25.6. The number of carboxylic acids is 2. The molecule has 0 aromatic heterocycles. The predicted octanol–water partition coefficient (Wildman–Crippen LogP) is 6.35. The Bertz CT molecular complexity index is 866. The minimum absolute atomic E-state index is 0.125. The fourth-order valence-corrected chi connectivity index (χ4v) is 1.70. The van der Waals surface area contributed by atoms with Crippen molar-refractivity contribution in [2.75, 3.05) is 13.2 Å². The second-order valence-electron chi connectivity index (χ2n) is 6.88. The van der Waals surface area contributed by atoms with Gasteiger partial charge in [0.25, 0.3) is 0 Å². The lowest BCUT2D eigenvalue weighted by molar-refractivity contribution is -0.133. The maximum absolute atomic E-state index is 9.60. The standard InChI is InChI=1S/C10H10.C10H12.2C4H6O2.C2H6O2/c1-3-9-7-5-6-8-10(9)4-2;1-2-3-7-10-8-5-4-6-9-10;2*1-3(2)4(5)6;3-1-2-4/h3-8H,1-2H2;3-9H,2H2,1H3;2*1H2,2H3,(H,5,6);3-4H,1-2H2. The summed E-state index contributed by atoms with van der Waals surface area (Å²) in [6.45, 7) is 18.5. The first kappa shape index (κ1) is 36.6. The van der Waals surface area contributed by atoms with Crippen LogP contribution in [-0.4, -0.2) is 45.6 Å². The van der Waals surface area contributed by atoms with Crippen molar-refractivity contribution in [3.63, 3.8) is 0 Å². The molecule has 0 amide bonds. The van der Waals surface area contributed by atoms with Gasteiger partial charge in [0.2, 0.25) is 0 Å². The van der Waals surface area contributed by atoms with Crippen LogP contribution in [0.4, 0.5) is 0 Å². The summed E-state index contributed by atoms with van der Waals surface area (Å²) in [5.41, 5.74) is 3.91. The van der Waals surface area contributed by atoms with Crippen molar-refractivity contribution < 1.29 is 30.0 Å². The van der Waals surface area contributed by atoms with Crippen LogP contribution < -0.4 is 0 Å². The van der Waals surface area contributed by atoms with E-state index in [9.17, 15) is 9.59 Å². The summed E-state index contributed by atoms with van der Waals surface area (Å²) in [6, 6.07) is 18.4. The average Bonchev–Trinajstić information content (AvgIpc) is 2.89. The van der Waals surface area contributed by atoms with Crippen LogP contribution in [0.5, 0.6) is 0 Å². The summed E-state index contributed by atoms with van der Waals surface area (Å²) in [5, 5.41) is 31.0. The minimum Gasteiger partial charge on any atom is -0.478 e. The molecule has 0 atom stereocenters. The van der Waals surface area contributed by atoms with E-state index in [2.05, 4.69) is 69.7 Å². The first-order chi connectivity index (χ1) is 17.0. The number of benzene rings is 2. The molecule has 2 aromatic rings. The van der Waals surface area contributed by atoms with E-state index in [1.165, 1.54) is 19.4 Å². The molecule has 0 unspecified atom stereocenters. The Morgan fingerprint density at radius 1 is 0.750 bits per heavy atom. The van der Waals surface area contributed by atoms with Crippen LogP contribution in [0.2, 0.25) is 0 Å². The van der Waals surface area contributed by atoms with Crippen molar-refractivity contribution in [1.82, 2.24) is 0 Å². The molecule has 0 heterocycles. The Morgan fingerprint density at radius 2 is 1.08 bits per heavy atom. The first-order valence-corrected chi connectivity index (χ1v) is 11.1. The molecule has 2 rings (SSSR count). The Labute approximate surface area is 215 Å². The van der Waals surface area contributed by atoms with Gasteiger partial charge in [0.15, 0.2) is 0 Å². The summed E-state index contributed by atoms with van der Waals surface area (Å²) in [7, 11) is 0. The third-order valence-electron chi connectivity index (χ3n) is 3.61.